The van der Waals surface area contributed by atoms with Crippen LogP contribution in [0.5, 0.6) is 5.75 Å². The first-order valence-corrected chi connectivity index (χ1v) is 5.15. The van der Waals surface area contributed by atoms with Crippen molar-refractivity contribution in [2.24, 2.45) is 5.92 Å². The molecule has 0 atom stereocenters. The highest BCUT2D eigenvalue weighted by atomic mass is 19.1. The molecule has 0 bridgehead atoms. The zero-order valence-electron chi connectivity index (χ0n) is 9.70. The average Bonchev–Trinajstić information content (AvgIpc) is 2.19. The molecule has 0 aliphatic heterocycles. The third-order valence-electron chi connectivity index (χ3n) is 2.17. The summed E-state index contributed by atoms with van der Waals surface area (Å²) in [6, 6.07) is 3.36. The molecule has 0 saturated heterocycles. The van der Waals surface area contributed by atoms with Crippen molar-refractivity contribution >= 4 is 5.91 Å². The highest BCUT2D eigenvalue weighted by molar-refractivity contribution is 5.96. The van der Waals surface area contributed by atoms with E-state index in [1.54, 1.807) is 7.05 Å². The fourth-order valence-electron chi connectivity index (χ4n) is 1.52. The molecule has 1 rings (SSSR count). The first-order valence-electron chi connectivity index (χ1n) is 5.15. The smallest absolute Gasteiger partial charge is 0.257 e. The molecule has 0 aliphatic carbocycles. The van der Waals surface area contributed by atoms with Crippen molar-refractivity contribution in [2.45, 2.75) is 13.8 Å². The molecule has 0 aromatic heterocycles. The number of phenols is 1. The summed E-state index contributed by atoms with van der Waals surface area (Å²) in [5.74, 6) is -0.767. The van der Waals surface area contributed by atoms with Crippen molar-refractivity contribution in [3.05, 3.63) is 29.6 Å². The number of carbonyl (C=O) groups excluding carboxylic acids is 1. The Morgan fingerprint density at radius 3 is 2.69 bits per heavy atom. The first kappa shape index (κ1) is 12.5. The van der Waals surface area contributed by atoms with Gasteiger partial charge in [0.2, 0.25) is 0 Å². The van der Waals surface area contributed by atoms with Crippen molar-refractivity contribution in [2.75, 3.05) is 13.6 Å². The third-order valence-corrected chi connectivity index (χ3v) is 2.17. The van der Waals surface area contributed by atoms with Gasteiger partial charge in [0.25, 0.3) is 5.91 Å². The number of hydrogen-bond donors (Lipinski definition) is 1. The van der Waals surface area contributed by atoms with Crippen molar-refractivity contribution in [1.82, 2.24) is 4.90 Å². The standard InChI is InChI=1S/C12H16FNO2/c1-8(2)7-14(3)12(16)10-6-9(13)4-5-11(10)15/h4-6,8,15H,7H2,1-3H3. The second kappa shape index (κ2) is 4.96. The Bertz CT molecular complexity index is 391. The number of halogens is 1. The molecule has 0 radical (unpaired) electrons. The van der Waals surface area contributed by atoms with E-state index in [1.165, 1.54) is 11.0 Å². The van der Waals surface area contributed by atoms with Crippen molar-refractivity contribution in [3.63, 3.8) is 0 Å². The van der Waals surface area contributed by atoms with Crippen LogP contribution in [-0.2, 0) is 0 Å². The van der Waals surface area contributed by atoms with Crippen LogP contribution >= 0.6 is 0 Å². The Labute approximate surface area is 94.5 Å². The largest absolute Gasteiger partial charge is 0.507 e. The van der Waals surface area contributed by atoms with Gasteiger partial charge >= 0.3 is 0 Å². The van der Waals surface area contributed by atoms with E-state index in [1.807, 2.05) is 13.8 Å². The zero-order chi connectivity index (χ0) is 12.3. The Balaban J connectivity index is 2.91. The van der Waals surface area contributed by atoms with Crippen molar-refractivity contribution < 1.29 is 14.3 Å². The lowest BCUT2D eigenvalue weighted by Gasteiger charge is -2.19. The fraction of sp³-hybridized carbons (Fsp3) is 0.417. The van der Waals surface area contributed by atoms with Crippen LogP contribution in [-0.4, -0.2) is 29.5 Å². The molecule has 16 heavy (non-hydrogen) atoms. The summed E-state index contributed by atoms with van der Waals surface area (Å²) in [5, 5.41) is 9.47. The Morgan fingerprint density at radius 1 is 1.50 bits per heavy atom. The third kappa shape index (κ3) is 2.95. The maximum Gasteiger partial charge on any atom is 0.257 e. The summed E-state index contributed by atoms with van der Waals surface area (Å²) in [7, 11) is 1.63. The molecule has 0 spiro atoms. The predicted octanol–water partition coefficient (Wildman–Crippen LogP) is 2.26. The van der Waals surface area contributed by atoms with E-state index in [4.69, 9.17) is 0 Å². The molecule has 1 N–H and O–H groups in total. The number of hydrogen-bond acceptors (Lipinski definition) is 2. The summed E-state index contributed by atoms with van der Waals surface area (Å²) in [4.78, 5) is 13.3. The summed E-state index contributed by atoms with van der Waals surface area (Å²) in [6.07, 6.45) is 0. The normalized spacial score (nSPS) is 10.6. The minimum Gasteiger partial charge on any atom is -0.507 e. The minimum atomic E-state index is -0.529. The predicted molar refractivity (Wildman–Crippen MR) is 59.9 cm³/mol. The Kier molecular flexibility index (Phi) is 3.88. The summed E-state index contributed by atoms with van der Waals surface area (Å²) < 4.78 is 13.0. The van der Waals surface area contributed by atoms with E-state index < -0.39 is 5.82 Å². The molecule has 4 heteroatoms. The molecular formula is C12H16FNO2. The molecule has 0 fully saturated rings. The van der Waals surface area contributed by atoms with Gasteiger partial charge in [-0.25, -0.2) is 4.39 Å². The highest BCUT2D eigenvalue weighted by Crippen LogP contribution is 2.19. The molecule has 0 saturated carbocycles. The lowest BCUT2D eigenvalue weighted by molar-refractivity contribution is 0.0775. The van der Waals surface area contributed by atoms with Gasteiger partial charge in [0.05, 0.1) is 5.56 Å². The Morgan fingerprint density at radius 2 is 2.12 bits per heavy atom. The van der Waals surface area contributed by atoms with Crippen LogP contribution in [0.1, 0.15) is 24.2 Å². The molecule has 1 aromatic rings. The summed E-state index contributed by atoms with van der Waals surface area (Å²) in [6.45, 7) is 4.53. The monoisotopic (exact) mass is 225 g/mol. The Hall–Kier alpha value is -1.58. The molecule has 3 nitrogen and oxygen atoms in total. The molecule has 0 heterocycles. The van der Waals surface area contributed by atoms with Crippen LogP contribution in [0, 0.1) is 11.7 Å². The number of nitrogens with zero attached hydrogens (tertiary/aromatic N) is 1. The average molecular weight is 225 g/mol. The molecule has 1 aromatic carbocycles. The van der Waals surface area contributed by atoms with E-state index in [-0.39, 0.29) is 17.2 Å². The van der Waals surface area contributed by atoms with Gasteiger partial charge in [-0.1, -0.05) is 13.8 Å². The maximum atomic E-state index is 13.0. The number of benzene rings is 1. The molecule has 88 valence electrons. The van der Waals surface area contributed by atoms with Crippen LogP contribution in [0.4, 0.5) is 4.39 Å². The van der Waals surface area contributed by atoms with Gasteiger partial charge < -0.3 is 10.0 Å². The van der Waals surface area contributed by atoms with Crippen LogP contribution in [0.15, 0.2) is 18.2 Å². The lowest BCUT2D eigenvalue weighted by Crippen LogP contribution is -2.30. The van der Waals surface area contributed by atoms with Crippen molar-refractivity contribution in [3.8, 4) is 5.75 Å². The number of carbonyl (C=O) groups is 1. The van der Waals surface area contributed by atoms with Gasteiger partial charge in [-0.05, 0) is 24.1 Å². The lowest BCUT2D eigenvalue weighted by atomic mass is 10.1. The van der Waals surface area contributed by atoms with Gasteiger partial charge in [0.1, 0.15) is 11.6 Å². The number of rotatable bonds is 3. The number of amides is 1. The zero-order valence-corrected chi connectivity index (χ0v) is 9.70. The van der Waals surface area contributed by atoms with Gasteiger partial charge in [0.15, 0.2) is 0 Å². The van der Waals surface area contributed by atoms with Gasteiger partial charge in [0, 0.05) is 13.6 Å². The van der Waals surface area contributed by atoms with E-state index in [0.717, 1.165) is 12.1 Å². The van der Waals surface area contributed by atoms with Gasteiger partial charge in [-0.15, -0.1) is 0 Å². The highest BCUT2D eigenvalue weighted by Gasteiger charge is 2.17. The summed E-state index contributed by atoms with van der Waals surface area (Å²) in [5.41, 5.74) is 0.00292. The van der Waals surface area contributed by atoms with Crippen LogP contribution in [0.25, 0.3) is 0 Å². The maximum absolute atomic E-state index is 13.0. The van der Waals surface area contributed by atoms with E-state index in [9.17, 15) is 14.3 Å². The summed E-state index contributed by atoms with van der Waals surface area (Å²) >= 11 is 0. The molecule has 1 amide bonds. The molecule has 0 unspecified atom stereocenters. The van der Waals surface area contributed by atoms with Gasteiger partial charge in [-0.3, -0.25) is 4.79 Å². The SMILES string of the molecule is CC(C)CN(C)C(=O)c1cc(F)ccc1O. The van der Waals surface area contributed by atoms with E-state index >= 15 is 0 Å². The molecule has 0 aliphatic rings. The van der Waals surface area contributed by atoms with Crippen LogP contribution in [0.2, 0.25) is 0 Å². The second-order valence-electron chi connectivity index (χ2n) is 4.24. The van der Waals surface area contributed by atoms with E-state index in [0.29, 0.717) is 12.5 Å². The second-order valence-corrected chi connectivity index (χ2v) is 4.24. The number of aromatic hydroxyl groups is 1. The van der Waals surface area contributed by atoms with Crippen molar-refractivity contribution in [1.29, 1.82) is 0 Å². The quantitative estimate of drug-likeness (QED) is 0.857. The van der Waals surface area contributed by atoms with Gasteiger partial charge in [-0.2, -0.15) is 0 Å². The topological polar surface area (TPSA) is 40.5 Å². The first-order chi connectivity index (χ1) is 7.41. The van der Waals surface area contributed by atoms with Crippen LogP contribution in [0.3, 0.4) is 0 Å². The van der Waals surface area contributed by atoms with E-state index in [2.05, 4.69) is 0 Å². The number of phenolic OH excluding ortho intramolecular Hbond substituents is 1. The van der Waals surface area contributed by atoms with Crippen LogP contribution < -0.4 is 0 Å². The molecular weight excluding hydrogens is 209 g/mol. The fourth-order valence-corrected chi connectivity index (χ4v) is 1.52. The minimum absolute atomic E-state index is 0.00292.